The molecule has 0 spiro atoms. The summed E-state index contributed by atoms with van der Waals surface area (Å²) in [6, 6.07) is 7.44. The fourth-order valence-electron chi connectivity index (χ4n) is 4.70. The van der Waals surface area contributed by atoms with Gasteiger partial charge in [-0.1, -0.05) is 19.1 Å². The lowest BCUT2D eigenvalue weighted by Gasteiger charge is -2.40. The fourth-order valence-corrected chi connectivity index (χ4v) is 4.70. The number of benzene rings is 1. The molecule has 3 amide bonds. The molecule has 3 rings (SSSR count). The van der Waals surface area contributed by atoms with Crippen molar-refractivity contribution in [1.82, 2.24) is 15.1 Å². The van der Waals surface area contributed by atoms with Crippen molar-refractivity contribution >= 4 is 11.9 Å². The minimum absolute atomic E-state index is 0.0778. The monoisotopic (exact) mass is 417 g/mol. The number of hydrogen-bond donors (Lipinski definition) is 2. The lowest BCUT2D eigenvalue weighted by Crippen LogP contribution is -2.55. The first-order chi connectivity index (χ1) is 14.4. The second kappa shape index (κ2) is 9.79. The van der Waals surface area contributed by atoms with Crippen LogP contribution in [-0.2, 0) is 11.2 Å². The number of aliphatic hydroxyl groups is 1. The van der Waals surface area contributed by atoms with Crippen LogP contribution in [0.2, 0.25) is 0 Å². The number of nitrogens with one attached hydrogen (secondary N) is 1. The Labute approximate surface area is 179 Å². The standard InChI is InChI=1S/C23H35N3O4/c1-4-23(19-11-14-25(15-12-19)13-9-17(2)27)21(28)26(22(29)24-23)16-10-18-5-7-20(30-3)8-6-18/h5-8,17,19,27H,4,9-16H2,1-3H3,(H,24,29). The second-order valence-electron chi connectivity index (χ2n) is 8.56. The third kappa shape index (κ3) is 4.78. The molecular weight excluding hydrogens is 382 g/mol. The molecule has 2 heterocycles. The predicted octanol–water partition coefficient (Wildman–Crippen LogP) is 2.42. The van der Waals surface area contributed by atoms with E-state index in [1.54, 1.807) is 7.11 Å². The Morgan fingerprint density at radius 2 is 1.87 bits per heavy atom. The highest BCUT2D eigenvalue weighted by atomic mass is 16.5. The number of carbonyl (C=O) groups is 2. The van der Waals surface area contributed by atoms with Gasteiger partial charge < -0.3 is 20.1 Å². The van der Waals surface area contributed by atoms with E-state index in [1.807, 2.05) is 38.1 Å². The number of carbonyl (C=O) groups excluding carboxylic acids is 2. The molecule has 2 N–H and O–H groups in total. The number of hydrogen-bond acceptors (Lipinski definition) is 5. The normalized spacial score (nSPS) is 24.2. The summed E-state index contributed by atoms with van der Waals surface area (Å²) >= 11 is 0. The smallest absolute Gasteiger partial charge is 0.325 e. The third-order valence-corrected chi connectivity index (χ3v) is 6.69. The van der Waals surface area contributed by atoms with E-state index in [9.17, 15) is 14.7 Å². The number of amides is 3. The molecule has 0 radical (unpaired) electrons. The zero-order valence-electron chi connectivity index (χ0n) is 18.4. The summed E-state index contributed by atoms with van der Waals surface area (Å²) in [5, 5.41) is 12.6. The summed E-state index contributed by atoms with van der Waals surface area (Å²) in [4.78, 5) is 29.8. The minimum Gasteiger partial charge on any atom is -0.497 e. The van der Waals surface area contributed by atoms with Gasteiger partial charge in [-0.05, 0) is 75.7 Å². The van der Waals surface area contributed by atoms with Crippen LogP contribution in [0.5, 0.6) is 5.75 Å². The number of piperidine rings is 1. The van der Waals surface area contributed by atoms with Gasteiger partial charge in [0, 0.05) is 13.1 Å². The molecule has 0 aromatic heterocycles. The molecule has 2 fully saturated rings. The topological polar surface area (TPSA) is 82.1 Å². The van der Waals surface area contributed by atoms with Crippen molar-refractivity contribution in [2.45, 2.75) is 57.6 Å². The molecule has 0 saturated carbocycles. The Morgan fingerprint density at radius 1 is 1.20 bits per heavy atom. The molecule has 2 saturated heterocycles. The molecule has 166 valence electrons. The van der Waals surface area contributed by atoms with Gasteiger partial charge in [0.15, 0.2) is 0 Å². The van der Waals surface area contributed by atoms with Crippen molar-refractivity contribution in [3.8, 4) is 5.75 Å². The highest BCUT2D eigenvalue weighted by Crippen LogP contribution is 2.36. The lowest BCUT2D eigenvalue weighted by molar-refractivity contribution is -0.134. The van der Waals surface area contributed by atoms with E-state index in [-0.39, 0.29) is 24.0 Å². The van der Waals surface area contributed by atoms with Gasteiger partial charge in [-0.15, -0.1) is 0 Å². The largest absolute Gasteiger partial charge is 0.497 e. The average Bonchev–Trinajstić information content (AvgIpc) is 3.01. The maximum Gasteiger partial charge on any atom is 0.325 e. The quantitative estimate of drug-likeness (QED) is 0.603. The van der Waals surface area contributed by atoms with Crippen LogP contribution < -0.4 is 10.1 Å². The molecule has 1 aromatic carbocycles. The van der Waals surface area contributed by atoms with E-state index < -0.39 is 5.54 Å². The maximum absolute atomic E-state index is 13.4. The third-order valence-electron chi connectivity index (χ3n) is 6.69. The van der Waals surface area contributed by atoms with Crippen molar-refractivity contribution in [3.05, 3.63) is 29.8 Å². The second-order valence-corrected chi connectivity index (χ2v) is 8.56. The summed E-state index contributed by atoms with van der Waals surface area (Å²) in [6.45, 7) is 6.85. The van der Waals surface area contributed by atoms with Crippen molar-refractivity contribution in [2.24, 2.45) is 5.92 Å². The summed E-state index contributed by atoms with van der Waals surface area (Å²) in [5.74, 6) is 0.859. The first-order valence-electron chi connectivity index (χ1n) is 11.1. The fraction of sp³-hybridized carbons (Fsp3) is 0.652. The van der Waals surface area contributed by atoms with Crippen molar-refractivity contribution in [3.63, 3.8) is 0 Å². The number of aliphatic hydroxyl groups excluding tert-OH is 1. The SMILES string of the molecule is CCC1(C2CCN(CCC(C)O)CC2)NC(=O)N(CCc2ccc(OC)cc2)C1=O. The van der Waals surface area contributed by atoms with Gasteiger partial charge >= 0.3 is 6.03 Å². The van der Waals surface area contributed by atoms with Crippen LogP contribution in [0.4, 0.5) is 4.79 Å². The Bertz CT molecular complexity index is 728. The van der Waals surface area contributed by atoms with Crippen LogP contribution >= 0.6 is 0 Å². The summed E-state index contributed by atoms with van der Waals surface area (Å²) in [6.07, 6.45) is 3.46. The molecule has 2 atom stereocenters. The molecule has 0 aliphatic carbocycles. The van der Waals surface area contributed by atoms with Crippen molar-refractivity contribution in [1.29, 1.82) is 0 Å². The van der Waals surface area contributed by atoms with E-state index in [0.29, 0.717) is 19.4 Å². The Morgan fingerprint density at radius 3 is 2.43 bits per heavy atom. The highest BCUT2D eigenvalue weighted by Gasteiger charge is 2.54. The summed E-state index contributed by atoms with van der Waals surface area (Å²) in [5.41, 5.74) is 0.282. The van der Waals surface area contributed by atoms with E-state index in [4.69, 9.17) is 4.74 Å². The first-order valence-corrected chi connectivity index (χ1v) is 11.1. The van der Waals surface area contributed by atoms with Crippen LogP contribution in [0, 0.1) is 5.92 Å². The maximum atomic E-state index is 13.4. The highest BCUT2D eigenvalue weighted by molar-refractivity contribution is 6.07. The summed E-state index contributed by atoms with van der Waals surface area (Å²) in [7, 11) is 1.63. The Hall–Kier alpha value is -2.12. The average molecular weight is 418 g/mol. The number of urea groups is 1. The van der Waals surface area contributed by atoms with Crippen LogP contribution in [0.15, 0.2) is 24.3 Å². The van der Waals surface area contributed by atoms with Gasteiger partial charge in [0.05, 0.1) is 13.2 Å². The molecule has 30 heavy (non-hydrogen) atoms. The number of nitrogens with zero attached hydrogens (tertiary/aromatic N) is 2. The molecular formula is C23H35N3O4. The van der Waals surface area contributed by atoms with Gasteiger partial charge in [-0.3, -0.25) is 9.69 Å². The number of rotatable bonds is 9. The van der Waals surface area contributed by atoms with Gasteiger partial charge in [-0.2, -0.15) is 0 Å². The van der Waals surface area contributed by atoms with Gasteiger partial charge in [0.2, 0.25) is 0 Å². The molecule has 7 heteroatoms. The van der Waals surface area contributed by atoms with Gasteiger partial charge in [0.1, 0.15) is 11.3 Å². The minimum atomic E-state index is -0.784. The van der Waals surface area contributed by atoms with Gasteiger partial charge in [0.25, 0.3) is 5.91 Å². The van der Waals surface area contributed by atoms with E-state index in [2.05, 4.69) is 10.2 Å². The predicted molar refractivity (Wildman–Crippen MR) is 115 cm³/mol. The molecule has 2 aliphatic heterocycles. The molecule has 2 aliphatic rings. The van der Waals surface area contributed by atoms with Crippen LogP contribution in [0.1, 0.15) is 45.1 Å². The molecule has 1 aromatic rings. The Kier molecular flexibility index (Phi) is 7.36. The van der Waals surface area contributed by atoms with E-state index in [0.717, 1.165) is 50.2 Å². The summed E-state index contributed by atoms with van der Waals surface area (Å²) < 4.78 is 5.18. The number of imide groups is 1. The van der Waals surface area contributed by atoms with Crippen molar-refractivity contribution in [2.75, 3.05) is 33.3 Å². The van der Waals surface area contributed by atoms with Crippen LogP contribution in [0.3, 0.4) is 0 Å². The van der Waals surface area contributed by atoms with E-state index >= 15 is 0 Å². The first kappa shape index (κ1) is 22.6. The number of methoxy groups -OCH3 is 1. The van der Waals surface area contributed by atoms with Crippen molar-refractivity contribution < 1.29 is 19.4 Å². The lowest BCUT2D eigenvalue weighted by atomic mass is 9.75. The molecule has 0 bridgehead atoms. The number of ether oxygens (including phenoxy) is 1. The molecule has 7 nitrogen and oxygen atoms in total. The van der Waals surface area contributed by atoms with Gasteiger partial charge in [-0.25, -0.2) is 4.79 Å². The zero-order valence-corrected chi connectivity index (χ0v) is 18.4. The number of likely N-dealkylation sites (tertiary alicyclic amines) is 1. The van der Waals surface area contributed by atoms with E-state index in [1.165, 1.54) is 4.90 Å². The van der Waals surface area contributed by atoms with Crippen LogP contribution in [0.25, 0.3) is 0 Å². The Balaban J connectivity index is 1.60. The molecule has 2 unspecified atom stereocenters. The zero-order chi connectivity index (χ0) is 21.7. The van der Waals surface area contributed by atoms with Crippen LogP contribution in [-0.4, -0.2) is 71.8 Å².